The zero-order valence-electron chi connectivity index (χ0n) is 18.1. The van der Waals surface area contributed by atoms with E-state index in [1.54, 1.807) is 7.05 Å². The molecule has 0 saturated carbocycles. The molecule has 0 N–H and O–H groups in total. The van der Waals surface area contributed by atoms with Gasteiger partial charge in [0.2, 0.25) is 5.82 Å². The maximum atomic E-state index is 11.7. The summed E-state index contributed by atoms with van der Waals surface area (Å²) in [4.78, 5) is 21.7. The third kappa shape index (κ3) is 6.05. The van der Waals surface area contributed by atoms with E-state index in [-0.39, 0.29) is 12.4 Å². The first-order valence-electron chi connectivity index (χ1n) is 10.5. The third-order valence-electron chi connectivity index (χ3n) is 4.78. The largest absolute Gasteiger partial charge is 0.441 e. The van der Waals surface area contributed by atoms with E-state index in [0.29, 0.717) is 5.71 Å². The summed E-state index contributed by atoms with van der Waals surface area (Å²) in [6.45, 7) is 0.183. The molecule has 0 aliphatic heterocycles. The number of nitrogens with zero attached hydrogens (tertiary/aromatic N) is 4. The predicted octanol–water partition coefficient (Wildman–Crippen LogP) is 4.17. The van der Waals surface area contributed by atoms with Crippen molar-refractivity contribution >= 4 is 17.0 Å². The van der Waals surface area contributed by atoms with Crippen molar-refractivity contribution in [2.24, 2.45) is 12.2 Å². The van der Waals surface area contributed by atoms with E-state index >= 15 is 0 Å². The molecule has 4 aromatic rings. The number of thiazole rings is 1. The summed E-state index contributed by atoms with van der Waals surface area (Å²) in [5.41, 5.74) is 3.21. The second kappa shape index (κ2) is 11.1. The van der Waals surface area contributed by atoms with Crippen molar-refractivity contribution in [1.29, 1.82) is 0 Å². The molecule has 0 amide bonds. The Kier molecular flexibility index (Phi) is 7.46. The Bertz CT molecular complexity index is 1330. The molecule has 0 aliphatic carbocycles. The van der Waals surface area contributed by atoms with Crippen LogP contribution in [0.4, 0.5) is 0 Å². The summed E-state index contributed by atoms with van der Waals surface area (Å²) >= 11 is 1.46. The van der Waals surface area contributed by atoms with Gasteiger partial charge in [-0.25, -0.2) is 9.78 Å². The molecular weight excluding hydrogens is 436 g/mol. The maximum absolute atomic E-state index is 11.7. The first-order valence-corrected chi connectivity index (χ1v) is 11.3. The van der Waals surface area contributed by atoms with Crippen molar-refractivity contribution in [1.82, 2.24) is 14.7 Å². The topological polar surface area (TPSA) is 82.5 Å². The monoisotopic (exact) mass is 458 g/mol. The molecule has 0 aliphatic rings. The van der Waals surface area contributed by atoms with Crippen LogP contribution in [0.3, 0.4) is 0 Å². The fourth-order valence-corrected chi connectivity index (χ4v) is 3.71. The number of aromatic nitrogens is 3. The molecule has 0 unspecified atom stereocenters. The highest BCUT2D eigenvalue weighted by Gasteiger charge is 2.17. The Labute approximate surface area is 195 Å². The highest BCUT2D eigenvalue weighted by molar-refractivity contribution is 7.09. The molecule has 33 heavy (non-hydrogen) atoms. The zero-order valence-corrected chi connectivity index (χ0v) is 18.9. The molecule has 0 fully saturated rings. The van der Waals surface area contributed by atoms with Crippen LogP contribution in [0.25, 0.3) is 0 Å². The fraction of sp³-hybridized carbons (Fsp3) is 0.200. The average Bonchev–Trinajstić information content (AvgIpc) is 3.44. The summed E-state index contributed by atoms with van der Waals surface area (Å²) < 4.78 is 6.02. The summed E-state index contributed by atoms with van der Waals surface area (Å²) in [6, 6.07) is 19.7. The molecule has 7 nitrogen and oxygen atoms in total. The van der Waals surface area contributed by atoms with Crippen LogP contribution in [0.5, 0.6) is 0 Å². The van der Waals surface area contributed by atoms with Crippen LogP contribution in [-0.4, -0.2) is 20.4 Å². The van der Waals surface area contributed by atoms with Gasteiger partial charge < -0.3 is 4.84 Å². The van der Waals surface area contributed by atoms with Gasteiger partial charge in [-0.05, 0) is 24.3 Å². The smallest absolute Gasteiger partial charge is 0.388 e. The number of hydrogen-bond acceptors (Lipinski definition) is 7. The Morgan fingerprint density at radius 1 is 1.15 bits per heavy atom. The van der Waals surface area contributed by atoms with Gasteiger partial charge in [0.05, 0.1) is 0 Å². The zero-order chi connectivity index (χ0) is 22.9. The summed E-state index contributed by atoms with van der Waals surface area (Å²) in [7, 11) is 1.57. The van der Waals surface area contributed by atoms with Crippen LogP contribution >= 0.6 is 11.3 Å². The molecule has 0 atom stereocenters. The molecular formula is C25H22N4O3S. The summed E-state index contributed by atoms with van der Waals surface area (Å²) in [6.07, 6.45) is 2.85. The maximum Gasteiger partial charge on any atom is 0.441 e. The molecule has 0 bridgehead atoms. The van der Waals surface area contributed by atoms with Crippen LogP contribution in [0, 0.1) is 11.8 Å². The highest BCUT2D eigenvalue weighted by atomic mass is 32.1. The number of hydrogen-bond donors (Lipinski definition) is 0. The van der Waals surface area contributed by atoms with Gasteiger partial charge in [-0.2, -0.15) is 0 Å². The molecule has 2 heterocycles. The lowest BCUT2D eigenvalue weighted by atomic mass is 10.1. The first-order chi connectivity index (χ1) is 16.2. The normalized spacial score (nSPS) is 11.1. The number of aryl methyl sites for hydroxylation is 1. The third-order valence-corrected chi connectivity index (χ3v) is 5.61. The molecule has 2 aromatic carbocycles. The Morgan fingerprint density at radius 2 is 1.91 bits per heavy atom. The fourth-order valence-electron chi connectivity index (χ4n) is 3.08. The van der Waals surface area contributed by atoms with Crippen LogP contribution in [0.1, 0.15) is 40.5 Å². The van der Waals surface area contributed by atoms with Gasteiger partial charge >= 0.3 is 5.76 Å². The number of oxime groups is 1. The predicted molar refractivity (Wildman–Crippen MR) is 127 cm³/mol. The molecule has 4 rings (SSSR count). The summed E-state index contributed by atoms with van der Waals surface area (Å²) in [5, 5.41) is 10.7. The Morgan fingerprint density at radius 3 is 2.64 bits per heavy atom. The quantitative estimate of drug-likeness (QED) is 0.171. The van der Waals surface area contributed by atoms with Crippen molar-refractivity contribution in [2.75, 3.05) is 0 Å². The van der Waals surface area contributed by atoms with E-state index in [0.717, 1.165) is 35.5 Å². The second-order valence-corrected chi connectivity index (χ2v) is 8.12. The lowest BCUT2D eigenvalue weighted by molar-refractivity contribution is 0.130. The minimum Gasteiger partial charge on any atom is -0.388 e. The molecule has 0 saturated heterocycles. The van der Waals surface area contributed by atoms with Crippen molar-refractivity contribution in [2.45, 2.75) is 25.9 Å². The van der Waals surface area contributed by atoms with Gasteiger partial charge in [-0.3, -0.25) is 9.09 Å². The molecule has 0 radical (unpaired) electrons. The van der Waals surface area contributed by atoms with Gasteiger partial charge in [-0.1, -0.05) is 76.9 Å². The van der Waals surface area contributed by atoms with Crippen molar-refractivity contribution in [3.05, 3.63) is 104 Å². The minimum atomic E-state index is -0.569. The Hall–Kier alpha value is -3.96. The van der Waals surface area contributed by atoms with E-state index in [2.05, 4.69) is 51.4 Å². The van der Waals surface area contributed by atoms with Crippen molar-refractivity contribution < 1.29 is 9.36 Å². The van der Waals surface area contributed by atoms with E-state index in [9.17, 15) is 4.79 Å². The van der Waals surface area contributed by atoms with Crippen molar-refractivity contribution in [3.63, 3.8) is 0 Å². The molecule has 8 heteroatoms. The van der Waals surface area contributed by atoms with E-state index in [4.69, 9.17) is 9.36 Å². The molecule has 166 valence electrons. The van der Waals surface area contributed by atoms with Crippen LogP contribution in [0.2, 0.25) is 0 Å². The van der Waals surface area contributed by atoms with Gasteiger partial charge in [0, 0.05) is 24.4 Å². The van der Waals surface area contributed by atoms with Gasteiger partial charge in [0.15, 0.2) is 12.3 Å². The molecule has 0 spiro atoms. The first kappa shape index (κ1) is 22.2. The average molecular weight is 459 g/mol. The van der Waals surface area contributed by atoms with E-state index < -0.39 is 5.76 Å². The van der Waals surface area contributed by atoms with E-state index in [1.165, 1.54) is 21.5 Å². The number of benzene rings is 2. The van der Waals surface area contributed by atoms with Crippen LogP contribution in [-0.2, 0) is 24.9 Å². The number of rotatable bonds is 8. The Balaban J connectivity index is 1.36. The number of unbranched alkanes of at least 4 members (excludes halogenated alkanes) is 1. The van der Waals surface area contributed by atoms with Gasteiger partial charge in [-0.15, -0.1) is 11.3 Å². The highest BCUT2D eigenvalue weighted by Crippen LogP contribution is 2.13. The summed E-state index contributed by atoms with van der Waals surface area (Å²) in [5.74, 6) is 6.01. The van der Waals surface area contributed by atoms with Gasteiger partial charge in [0.1, 0.15) is 10.7 Å². The van der Waals surface area contributed by atoms with E-state index in [1.807, 2.05) is 41.8 Å². The van der Waals surface area contributed by atoms with Gasteiger partial charge in [0.25, 0.3) is 0 Å². The second-order valence-electron chi connectivity index (χ2n) is 7.18. The van der Waals surface area contributed by atoms with Crippen LogP contribution in [0.15, 0.2) is 80.5 Å². The lowest BCUT2D eigenvalue weighted by Crippen LogP contribution is -2.17. The molecule has 2 aromatic heterocycles. The van der Waals surface area contributed by atoms with Crippen LogP contribution < -0.4 is 5.76 Å². The minimum absolute atomic E-state index is 0.183. The SMILES string of the molecule is Cn1c(/C(=N\OCc2nc(C#CCCCc3ccccc3)cs2)c2ccccc2)noc1=O. The standard InChI is InChI=1S/C25H22N4O3S/c1-29-24(28-32-25(29)30)23(20-14-8-4-9-15-20)27-31-17-22-26-21(18-33-22)16-10-3-7-13-19-11-5-2-6-12-19/h2,4-6,8-9,11-12,14-15,18H,3,7,13,17H2,1H3/b27-23-. The van der Waals surface area contributed by atoms with Crippen molar-refractivity contribution in [3.8, 4) is 11.8 Å². The lowest BCUT2D eigenvalue weighted by Gasteiger charge is -2.04.